The van der Waals surface area contributed by atoms with Crippen molar-refractivity contribution >= 4 is 27.9 Å². The first-order valence-electron chi connectivity index (χ1n) is 5.36. The molecule has 6 heteroatoms. The minimum Gasteiger partial charge on any atom is -0.340 e. The van der Waals surface area contributed by atoms with E-state index in [-0.39, 0.29) is 10.6 Å². The average molecular weight is 259 g/mol. The SMILES string of the molecule is O=[N+]([O-])c1ccc2ccn(Cc3nccs3)c2c1. The van der Waals surface area contributed by atoms with Crippen LogP contribution in [-0.2, 0) is 6.54 Å². The summed E-state index contributed by atoms with van der Waals surface area (Å²) in [5.41, 5.74) is 0.973. The van der Waals surface area contributed by atoms with Gasteiger partial charge < -0.3 is 4.57 Å². The Morgan fingerprint density at radius 3 is 3.00 bits per heavy atom. The van der Waals surface area contributed by atoms with Gasteiger partial charge in [0, 0.05) is 35.3 Å². The Morgan fingerprint density at radius 1 is 1.39 bits per heavy atom. The molecule has 5 nitrogen and oxygen atoms in total. The number of hydrogen-bond acceptors (Lipinski definition) is 4. The van der Waals surface area contributed by atoms with Crippen molar-refractivity contribution in [2.75, 3.05) is 0 Å². The lowest BCUT2D eigenvalue weighted by molar-refractivity contribution is -0.384. The van der Waals surface area contributed by atoms with Crippen LogP contribution in [0.25, 0.3) is 10.9 Å². The highest BCUT2D eigenvalue weighted by molar-refractivity contribution is 7.09. The summed E-state index contributed by atoms with van der Waals surface area (Å²) in [6.45, 7) is 0.641. The minimum absolute atomic E-state index is 0.113. The van der Waals surface area contributed by atoms with E-state index in [2.05, 4.69) is 4.98 Å². The van der Waals surface area contributed by atoms with Gasteiger partial charge in [0.2, 0.25) is 0 Å². The Morgan fingerprint density at radius 2 is 2.28 bits per heavy atom. The molecule has 3 aromatic rings. The van der Waals surface area contributed by atoms with E-state index >= 15 is 0 Å². The highest BCUT2D eigenvalue weighted by Gasteiger charge is 2.09. The lowest BCUT2D eigenvalue weighted by Gasteiger charge is -2.02. The summed E-state index contributed by atoms with van der Waals surface area (Å²) in [4.78, 5) is 14.6. The summed E-state index contributed by atoms with van der Waals surface area (Å²) >= 11 is 1.57. The zero-order chi connectivity index (χ0) is 12.5. The molecule has 0 aliphatic carbocycles. The number of aromatic nitrogens is 2. The van der Waals surface area contributed by atoms with E-state index in [0.29, 0.717) is 6.54 Å². The van der Waals surface area contributed by atoms with Crippen LogP contribution in [-0.4, -0.2) is 14.5 Å². The number of rotatable bonds is 3. The molecule has 2 aromatic heterocycles. The number of hydrogen-bond donors (Lipinski definition) is 0. The number of fused-ring (bicyclic) bond motifs is 1. The van der Waals surface area contributed by atoms with Crippen LogP contribution in [0.1, 0.15) is 5.01 Å². The van der Waals surface area contributed by atoms with Gasteiger partial charge in [-0.2, -0.15) is 0 Å². The van der Waals surface area contributed by atoms with Crippen molar-refractivity contribution < 1.29 is 4.92 Å². The van der Waals surface area contributed by atoms with Crippen molar-refractivity contribution in [2.24, 2.45) is 0 Å². The predicted molar refractivity (Wildman–Crippen MR) is 69.8 cm³/mol. The third-order valence-electron chi connectivity index (χ3n) is 2.76. The molecule has 3 rings (SSSR count). The normalized spacial score (nSPS) is 10.9. The van der Waals surface area contributed by atoms with Crippen LogP contribution in [0.15, 0.2) is 42.0 Å². The quantitative estimate of drug-likeness (QED) is 0.536. The number of nitro groups is 1. The topological polar surface area (TPSA) is 61.0 Å². The molecule has 0 saturated carbocycles. The standard InChI is InChI=1S/C12H9N3O2S/c16-15(17)10-2-1-9-3-5-14(11(9)7-10)8-12-13-4-6-18-12/h1-7H,8H2. The largest absolute Gasteiger partial charge is 0.340 e. The Balaban J connectivity index is 2.06. The minimum atomic E-state index is -0.375. The number of nitro benzene ring substituents is 1. The molecule has 90 valence electrons. The van der Waals surface area contributed by atoms with E-state index < -0.39 is 0 Å². The lowest BCUT2D eigenvalue weighted by atomic mass is 10.2. The molecule has 0 radical (unpaired) electrons. The van der Waals surface area contributed by atoms with Gasteiger partial charge in [0.1, 0.15) is 5.01 Å². The first kappa shape index (κ1) is 10.9. The third kappa shape index (κ3) is 1.86. The first-order valence-corrected chi connectivity index (χ1v) is 6.24. The molecule has 0 spiro atoms. The fraction of sp³-hybridized carbons (Fsp3) is 0.0833. The Labute approximate surface area is 106 Å². The van der Waals surface area contributed by atoms with E-state index in [1.807, 2.05) is 22.2 Å². The molecule has 0 saturated heterocycles. The van der Waals surface area contributed by atoms with Crippen LogP contribution >= 0.6 is 11.3 Å². The van der Waals surface area contributed by atoms with E-state index in [0.717, 1.165) is 15.9 Å². The van der Waals surface area contributed by atoms with E-state index in [1.54, 1.807) is 29.7 Å². The molecule has 0 aliphatic rings. The molecule has 2 heterocycles. The molecule has 0 bridgehead atoms. The van der Waals surface area contributed by atoms with Gasteiger partial charge in [-0.1, -0.05) is 0 Å². The average Bonchev–Trinajstić information content (AvgIpc) is 2.99. The molecular weight excluding hydrogens is 250 g/mol. The van der Waals surface area contributed by atoms with Gasteiger partial charge >= 0.3 is 0 Å². The third-order valence-corrected chi connectivity index (χ3v) is 3.52. The zero-order valence-corrected chi connectivity index (χ0v) is 10.1. The number of benzene rings is 1. The van der Waals surface area contributed by atoms with Crippen molar-refractivity contribution in [1.29, 1.82) is 0 Å². The summed E-state index contributed by atoms with van der Waals surface area (Å²) in [5.74, 6) is 0. The molecule has 0 amide bonds. The van der Waals surface area contributed by atoms with Gasteiger partial charge in [0.05, 0.1) is 17.0 Å². The number of nitrogens with zero attached hydrogens (tertiary/aromatic N) is 3. The van der Waals surface area contributed by atoms with Gasteiger partial charge in [-0.05, 0) is 12.1 Å². The van der Waals surface area contributed by atoms with Crippen molar-refractivity contribution in [2.45, 2.75) is 6.54 Å². The maximum Gasteiger partial charge on any atom is 0.271 e. The van der Waals surface area contributed by atoms with E-state index in [4.69, 9.17) is 0 Å². The van der Waals surface area contributed by atoms with Crippen LogP contribution in [0.2, 0.25) is 0 Å². The Kier molecular flexibility index (Phi) is 2.56. The summed E-state index contributed by atoms with van der Waals surface area (Å²) in [7, 11) is 0. The summed E-state index contributed by atoms with van der Waals surface area (Å²) in [6, 6.07) is 6.84. The molecule has 18 heavy (non-hydrogen) atoms. The van der Waals surface area contributed by atoms with Crippen LogP contribution < -0.4 is 0 Å². The second kappa shape index (κ2) is 4.23. The highest BCUT2D eigenvalue weighted by Crippen LogP contribution is 2.23. The van der Waals surface area contributed by atoms with Crippen molar-refractivity contribution in [3.63, 3.8) is 0 Å². The molecular formula is C12H9N3O2S. The van der Waals surface area contributed by atoms with Crippen LogP contribution in [0, 0.1) is 10.1 Å². The second-order valence-corrected chi connectivity index (χ2v) is 4.85. The highest BCUT2D eigenvalue weighted by atomic mass is 32.1. The Hall–Kier alpha value is -2.21. The van der Waals surface area contributed by atoms with Gasteiger partial charge in [0.25, 0.3) is 5.69 Å². The smallest absolute Gasteiger partial charge is 0.271 e. The maximum atomic E-state index is 10.8. The first-order chi connectivity index (χ1) is 8.74. The molecule has 0 N–H and O–H groups in total. The van der Waals surface area contributed by atoms with Crippen molar-refractivity contribution in [3.05, 3.63) is 57.2 Å². The van der Waals surface area contributed by atoms with Gasteiger partial charge in [-0.3, -0.25) is 10.1 Å². The second-order valence-electron chi connectivity index (χ2n) is 3.87. The molecule has 0 aliphatic heterocycles. The lowest BCUT2D eigenvalue weighted by Crippen LogP contribution is -1.97. The van der Waals surface area contributed by atoms with Crippen LogP contribution in [0.3, 0.4) is 0 Å². The van der Waals surface area contributed by atoms with Crippen LogP contribution in [0.5, 0.6) is 0 Å². The monoisotopic (exact) mass is 259 g/mol. The molecule has 0 unspecified atom stereocenters. The van der Waals surface area contributed by atoms with Crippen molar-refractivity contribution in [3.8, 4) is 0 Å². The molecule has 0 fully saturated rings. The Bertz CT molecular complexity index is 703. The van der Waals surface area contributed by atoms with E-state index in [9.17, 15) is 10.1 Å². The zero-order valence-electron chi connectivity index (χ0n) is 9.31. The van der Waals surface area contributed by atoms with Gasteiger partial charge in [0.15, 0.2) is 0 Å². The van der Waals surface area contributed by atoms with Gasteiger partial charge in [-0.25, -0.2) is 4.98 Å². The summed E-state index contributed by atoms with van der Waals surface area (Å²) in [6.07, 6.45) is 3.68. The summed E-state index contributed by atoms with van der Waals surface area (Å²) in [5, 5.41) is 14.7. The molecule has 0 atom stereocenters. The van der Waals surface area contributed by atoms with E-state index in [1.165, 1.54) is 6.07 Å². The summed E-state index contributed by atoms with van der Waals surface area (Å²) < 4.78 is 1.97. The predicted octanol–water partition coefficient (Wildman–Crippen LogP) is 3.05. The number of non-ortho nitro benzene ring substituents is 1. The fourth-order valence-corrected chi connectivity index (χ4v) is 2.51. The van der Waals surface area contributed by atoms with Gasteiger partial charge in [-0.15, -0.1) is 11.3 Å². The van der Waals surface area contributed by atoms with Crippen molar-refractivity contribution in [1.82, 2.24) is 9.55 Å². The fourth-order valence-electron chi connectivity index (χ4n) is 1.90. The van der Waals surface area contributed by atoms with Crippen LogP contribution in [0.4, 0.5) is 5.69 Å². The number of thiazole rings is 1. The maximum absolute atomic E-state index is 10.8. The molecule has 1 aromatic carbocycles.